The van der Waals surface area contributed by atoms with Gasteiger partial charge in [-0.05, 0) is 49.8 Å². The summed E-state index contributed by atoms with van der Waals surface area (Å²) in [6.07, 6.45) is 13.1. The van der Waals surface area contributed by atoms with Crippen molar-refractivity contribution in [2.75, 3.05) is 19.7 Å². The predicted octanol–water partition coefficient (Wildman–Crippen LogP) is 2.93. The maximum absolute atomic E-state index is 12.8. The molecule has 1 unspecified atom stereocenters. The molecule has 1 N–H and O–H groups in total. The SMILES string of the molecule is C#CCOc1ccc(CCNC(=O)C2CCCN2C(=O)C2CCCCC2)cc1. The Morgan fingerprint density at radius 2 is 1.86 bits per heavy atom. The summed E-state index contributed by atoms with van der Waals surface area (Å²) in [5, 5.41) is 3.02. The monoisotopic (exact) mass is 382 g/mol. The van der Waals surface area contributed by atoms with Gasteiger partial charge in [0.05, 0.1) is 0 Å². The number of ether oxygens (including phenoxy) is 1. The van der Waals surface area contributed by atoms with Crippen LogP contribution in [0.1, 0.15) is 50.5 Å². The highest BCUT2D eigenvalue weighted by Crippen LogP contribution is 2.28. The second kappa shape index (κ2) is 10.2. The number of carbonyl (C=O) groups is 2. The van der Waals surface area contributed by atoms with Crippen molar-refractivity contribution in [3.8, 4) is 18.1 Å². The molecule has 1 aromatic rings. The van der Waals surface area contributed by atoms with Crippen molar-refractivity contribution in [1.82, 2.24) is 10.2 Å². The van der Waals surface area contributed by atoms with Gasteiger partial charge >= 0.3 is 0 Å². The molecule has 1 heterocycles. The maximum atomic E-state index is 12.8. The van der Waals surface area contributed by atoms with Gasteiger partial charge in [-0.1, -0.05) is 37.3 Å². The fourth-order valence-corrected chi connectivity index (χ4v) is 4.21. The molecule has 2 fully saturated rings. The molecular formula is C23H30N2O3. The lowest BCUT2D eigenvalue weighted by molar-refractivity contribution is -0.142. The topological polar surface area (TPSA) is 58.6 Å². The Kier molecular flexibility index (Phi) is 7.36. The first-order valence-corrected chi connectivity index (χ1v) is 10.4. The number of carbonyl (C=O) groups excluding carboxylic acids is 2. The van der Waals surface area contributed by atoms with Crippen LogP contribution in [0.15, 0.2) is 24.3 Å². The minimum Gasteiger partial charge on any atom is -0.481 e. The standard InChI is InChI=1S/C23H30N2O3/c1-2-17-28-20-12-10-18(11-13-20)14-15-24-22(26)21-9-6-16-25(21)23(27)19-7-4-3-5-8-19/h1,10-13,19,21H,3-9,14-17H2,(H,24,26). The molecule has 5 heteroatoms. The quantitative estimate of drug-likeness (QED) is 0.738. The second-order valence-corrected chi connectivity index (χ2v) is 7.70. The molecule has 2 amide bonds. The van der Waals surface area contributed by atoms with E-state index in [2.05, 4.69) is 11.2 Å². The van der Waals surface area contributed by atoms with Crippen LogP contribution in [0, 0.1) is 18.3 Å². The van der Waals surface area contributed by atoms with Gasteiger partial charge in [0.15, 0.2) is 0 Å². The van der Waals surface area contributed by atoms with E-state index in [-0.39, 0.29) is 30.4 Å². The summed E-state index contributed by atoms with van der Waals surface area (Å²) in [4.78, 5) is 27.3. The summed E-state index contributed by atoms with van der Waals surface area (Å²) < 4.78 is 5.36. The molecule has 2 aliphatic rings. The van der Waals surface area contributed by atoms with Gasteiger partial charge in [0.1, 0.15) is 18.4 Å². The van der Waals surface area contributed by atoms with Gasteiger partial charge in [-0.15, -0.1) is 6.42 Å². The number of hydrogen-bond acceptors (Lipinski definition) is 3. The molecule has 1 saturated carbocycles. The van der Waals surface area contributed by atoms with Crippen LogP contribution in [0.25, 0.3) is 0 Å². The van der Waals surface area contributed by atoms with Crippen molar-refractivity contribution in [3.63, 3.8) is 0 Å². The molecular weight excluding hydrogens is 352 g/mol. The lowest BCUT2D eigenvalue weighted by Gasteiger charge is -2.30. The van der Waals surface area contributed by atoms with E-state index in [9.17, 15) is 9.59 Å². The van der Waals surface area contributed by atoms with Crippen molar-refractivity contribution in [1.29, 1.82) is 0 Å². The molecule has 150 valence electrons. The van der Waals surface area contributed by atoms with Gasteiger partial charge in [0.2, 0.25) is 11.8 Å². The number of amides is 2. The van der Waals surface area contributed by atoms with Crippen LogP contribution in [-0.4, -0.2) is 42.5 Å². The van der Waals surface area contributed by atoms with Crippen LogP contribution in [0.3, 0.4) is 0 Å². The molecule has 0 aromatic heterocycles. The highest BCUT2D eigenvalue weighted by atomic mass is 16.5. The highest BCUT2D eigenvalue weighted by molar-refractivity contribution is 5.89. The molecule has 0 bridgehead atoms. The van der Waals surface area contributed by atoms with E-state index >= 15 is 0 Å². The number of nitrogens with one attached hydrogen (secondary N) is 1. The summed E-state index contributed by atoms with van der Waals surface area (Å²) in [6, 6.07) is 7.43. The minimum absolute atomic E-state index is 0.0179. The third kappa shape index (κ3) is 5.28. The lowest BCUT2D eigenvalue weighted by Crippen LogP contribution is -2.48. The van der Waals surface area contributed by atoms with Crippen LogP contribution in [0.4, 0.5) is 0 Å². The van der Waals surface area contributed by atoms with Gasteiger partial charge in [-0.3, -0.25) is 9.59 Å². The molecule has 1 aliphatic carbocycles. The smallest absolute Gasteiger partial charge is 0.242 e. The van der Waals surface area contributed by atoms with Crippen molar-refractivity contribution < 1.29 is 14.3 Å². The zero-order valence-electron chi connectivity index (χ0n) is 16.5. The summed E-state index contributed by atoms with van der Waals surface area (Å²) in [7, 11) is 0. The van der Waals surface area contributed by atoms with E-state index in [0.29, 0.717) is 13.1 Å². The zero-order valence-corrected chi connectivity index (χ0v) is 16.5. The molecule has 1 aromatic carbocycles. The number of nitrogens with zero attached hydrogens (tertiary/aromatic N) is 1. The average Bonchev–Trinajstić information content (AvgIpc) is 3.23. The van der Waals surface area contributed by atoms with Gasteiger partial charge in [-0.2, -0.15) is 0 Å². The fourth-order valence-electron chi connectivity index (χ4n) is 4.21. The van der Waals surface area contributed by atoms with E-state index < -0.39 is 0 Å². The molecule has 28 heavy (non-hydrogen) atoms. The van der Waals surface area contributed by atoms with Crippen LogP contribution in [0.2, 0.25) is 0 Å². The molecule has 3 rings (SSSR count). The maximum Gasteiger partial charge on any atom is 0.242 e. The van der Waals surface area contributed by atoms with Crippen LogP contribution >= 0.6 is 0 Å². The van der Waals surface area contributed by atoms with E-state index in [4.69, 9.17) is 11.2 Å². The van der Waals surface area contributed by atoms with E-state index in [1.165, 1.54) is 6.42 Å². The van der Waals surface area contributed by atoms with Crippen molar-refractivity contribution in [2.24, 2.45) is 5.92 Å². The average molecular weight is 383 g/mol. The van der Waals surface area contributed by atoms with Gasteiger partial charge in [-0.25, -0.2) is 0 Å². The number of terminal acetylenes is 1. The minimum atomic E-state index is -0.297. The first kappa shape index (κ1) is 20.3. The van der Waals surface area contributed by atoms with E-state index in [1.807, 2.05) is 29.2 Å². The second-order valence-electron chi connectivity index (χ2n) is 7.70. The van der Waals surface area contributed by atoms with E-state index in [1.54, 1.807) is 0 Å². The fraction of sp³-hybridized carbons (Fsp3) is 0.565. The van der Waals surface area contributed by atoms with Gasteiger partial charge < -0.3 is 15.0 Å². The van der Waals surface area contributed by atoms with Crippen LogP contribution in [-0.2, 0) is 16.0 Å². The summed E-state index contributed by atoms with van der Waals surface area (Å²) in [5.74, 6) is 3.48. The van der Waals surface area contributed by atoms with Crippen LogP contribution in [0.5, 0.6) is 5.75 Å². The van der Waals surface area contributed by atoms with Crippen LogP contribution < -0.4 is 10.1 Å². The Morgan fingerprint density at radius 3 is 2.57 bits per heavy atom. The number of hydrogen-bond donors (Lipinski definition) is 1. The molecule has 1 atom stereocenters. The summed E-state index contributed by atoms with van der Waals surface area (Å²) >= 11 is 0. The summed E-state index contributed by atoms with van der Waals surface area (Å²) in [5.41, 5.74) is 1.12. The first-order chi connectivity index (χ1) is 13.7. The third-order valence-electron chi connectivity index (χ3n) is 5.75. The highest BCUT2D eigenvalue weighted by Gasteiger charge is 2.37. The normalized spacial score (nSPS) is 19.8. The molecule has 5 nitrogen and oxygen atoms in total. The van der Waals surface area contributed by atoms with Crippen molar-refractivity contribution in [2.45, 2.75) is 57.4 Å². The Bertz CT molecular complexity index is 702. The van der Waals surface area contributed by atoms with Gasteiger partial charge in [0, 0.05) is 19.0 Å². The number of benzene rings is 1. The molecule has 1 aliphatic heterocycles. The number of likely N-dealkylation sites (tertiary alicyclic amines) is 1. The largest absolute Gasteiger partial charge is 0.481 e. The molecule has 1 saturated heterocycles. The van der Waals surface area contributed by atoms with Gasteiger partial charge in [0.25, 0.3) is 0 Å². The Balaban J connectivity index is 1.46. The third-order valence-corrected chi connectivity index (χ3v) is 5.75. The first-order valence-electron chi connectivity index (χ1n) is 10.4. The Morgan fingerprint density at radius 1 is 1.11 bits per heavy atom. The Labute approximate surface area is 167 Å². The Hall–Kier alpha value is -2.48. The lowest BCUT2D eigenvalue weighted by atomic mass is 9.88. The van der Waals surface area contributed by atoms with Crippen molar-refractivity contribution >= 4 is 11.8 Å². The van der Waals surface area contributed by atoms with E-state index in [0.717, 1.165) is 56.3 Å². The van der Waals surface area contributed by atoms with Crippen molar-refractivity contribution in [3.05, 3.63) is 29.8 Å². The summed E-state index contributed by atoms with van der Waals surface area (Å²) in [6.45, 7) is 1.53. The molecule has 0 spiro atoms. The number of rotatable bonds is 7. The molecule has 0 radical (unpaired) electrons. The predicted molar refractivity (Wildman–Crippen MR) is 109 cm³/mol. The zero-order chi connectivity index (χ0) is 19.8.